The predicted molar refractivity (Wildman–Crippen MR) is 61.0 cm³/mol. The smallest absolute Gasteiger partial charge is 0.0524 e. The summed E-state index contributed by atoms with van der Waals surface area (Å²) in [5.74, 6) is 0. The Morgan fingerprint density at radius 1 is 1.00 bits per heavy atom. The second-order valence-corrected chi connectivity index (χ2v) is 5.06. The summed E-state index contributed by atoms with van der Waals surface area (Å²) < 4.78 is 2.37. The van der Waals surface area contributed by atoms with E-state index in [1.807, 2.05) is 0 Å². The minimum atomic E-state index is 0.723. The average molecular weight is 204 g/mol. The Kier molecular flexibility index (Phi) is 2.51. The summed E-state index contributed by atoms with van der Waals surface area (Å²) in [6.45, 7) is 0. The maximum atomic E-state index is 4.64. The summed E-state index contributed by atoms with van der Waals surface area (Å²) >= 11 is 0. The van der Waals surface area contributed by atoms with Crippen molar-refractivity contribution in [3.05, 3.63) is 17.5 Å². The molecule has 0 atom stereocenters. The van der Waals surface area contributed by atoms with Gasteiger partial charge in [0.15, 0.2) is 0 Å². The third-order valence-corrected chi connectivity index (χ3v) is 4.02. The number of rotatable bonds is 1. The SMILES string of the molecule is c1nn(C2CCCCC2)c2c1CCCC2. The zero-order chi connectivity index (χ0) is 10.1. The Morgan fingerprint density at radius 2 is 1.80 bits per heavy atom. The summed E-state index contributed by atoms with van der Waals surface area (Å²) in [6, 6.07) is 0.723. The van der Waals surface area contributed by atoms with E-state index in [2.05, 4.69) is 16.0 Å². The lowest BCUT2D eigenvalue weighted by Gasteiger charge is -2.25. The van der Waals surface area contributed by atoms with Crippen molar-refractivity contribution in [1.29, 1.82) is 0 Å². The molecule has 82 valence electrons. The van der Waals surface area contributed by atoms with E-state index in [9.17, 15) is 0 Å². The maximum Gasteiger partial charge on any atom is 0.0524 e. The molecule has 1 fully saturated rings. The predicted octanol–water partition coefficient (Wildman–Crippen LogP) is 3.27. The van der Waals surface area contributed by atoms with E-state index in [0.717, 1.165) is 6.04 Å². The summed E-state index contributed by atoms with van der Waals surface area (Å²) in [4.78, 5) is 0. The molecule has 0 spiro atoms. The number of hydrogen-bond donors (Lipinski definition) is 0. The summed E-state index contributed by atoms with van der Waals surface area (Å²) in [6.07, 6.45) is 14.3. The van der Waals surface area contributed by atoms with E-state index in [1.165, 1.54) is 63.4 Å². The summed E-state index contributed by atoms with van der Waals surface area (Å²) in [5.41, 5.74) is 3.10. The maximum absolute atomic E-state index is 4.64. The fourth-order valence-corrected chi connectivity index (χ4v) is 3.16. The third-order valence-electron chi connectivity index (χ3n) is 4.02. The number of nitrogens with zero attached hydrogens (tertiary/aromatic N) is 2. The molecule has 0 N–H and O–H groups in total. The highest BCUT2D eigenvalue weighted by atomic mass is 15.3. The Balaban J connectivity index is 1.87. The molecule has 0 saturated heterocycles. The first-order valence-electron chi connectivity index (χ1n) is 6.50. The molecule has 15 heavy (non-hydrogen) atoms. The summed E-state index contributed by atoms with van der Waals surface area (Å²) in [5, 5.41) is 4.64. The monoisotopic (exact) mass is 204 g/mol. The van der Waals surface area contributed by atoms with Gasteiger partial charge in [-0.25, -0.2) is 0 Å². The zero-order valence-corrected chi connectivity index (χ0v) is 9.41. The molecular formula is C13H20N2. The molecule has 1 heterocycles. The van der Waals surface area contributed by atoms with Gasteiger partial charge in [0.2, 0.25) is 0 Å². The van der Waals surface area contributed by atoms with E-state index in [4.69, 9.17) is 0 Å². The van der Waals surface area contributed by atoms with Crippen LogP contribution in [-0.4, -0.2) is 9.78 Å². The highest BCUT2D eigenvalue weighted by molar-refractivity contribution is 5.21. The van der Waals surface area contributed by atoms with Gasteiger partial charge in [-0.05, 0) is 44.1 Å². The van der Waals surface area contributed by atoms with Crippen molar-refractivity contribution < 1.29 is 0 Å². The molecule has 3 rings (SSSR count). The Hall–Kier alpha value is -0.790. The van der Waals surface area contributed by atoms with Crippen molar-refractivity contribution in [2.45, 2.75) is 63.8 Å². The van der Waals surface area contributed by atoms with Gasteiger partial charge in [0, 0.05) is 5.69 Å². The van der Waals surface area contributed by atoms with Crippen LogP contribution in [0.2, 0.25) is 0 Å². The minimum absolute atomic E-state index is 0.723. The molecule has 0 unspecified atom stereocenters. The van der Waals surface area contributed by atoms with Gasteiger partial charge in [0.1, 0.15) is 0 Å². The minimum Gasteiger partial charge on any atom is -0.266 e. The molecule has 2 aliphatic rings. The standard InChI is InChI=1S/C13H20N2/c1-2-7-12(8-3-1)15-13-9-5-4-6-11(13)10-14-15/h10,12H,1-9H2. The van der Waals surface area contributed by atoms with Crippen molar-refractivity contribution >= 4 is 0 Å². The normalized spacial score (nSPS) is 22.7. The van der Waals surface area contributed by atoms with Gasteiger partial charge in [-0.2, -0.15) is 5.10 Å². The van der Waals surface area contributed by atoms with Crippen molar-refractivity contribution in [1.82, 2.24) is 9.78 Å². The molecule has 2 aliphatic carbocycles. The molecule has 1 saturated carbocycles. The second-order valence-electron chi connectivity index (χ2n) is 5.06. The molecule has 2 nitrogen and oxygen atoms in total. The molecule has 1 aromatic rings. The largest absolute Gasteiger partial charge is 0.266 e. The molecule has 0 aromatic carbocycles. The van der Waals surface area contributed by atoms with Gasteiger partial charge in [0.05, 0.1) is 12.2 Å². The van der Waals surface area contributed by atoms with Crippen LogP contribution in [0.3, 0.4) is 0 Å². The van der Waals surface area contributed by atoms with E-state index in [1.54, 1.807) is 5.69 Å². The van der Waals surface area contributed by atoms with Crippen LogP contribution >= 0.6 is 0 Å². The third kappa shape index (κ3) is 1.70. The molecule has 0 radical (unpaired) electrons. The molecule has 0 bridgehead atoms. The number of hydrogen-bond acceptors (Lipinski definition) is 1. The van der Waals surface area contributed by atoms with E-state index < -0.39 is 0 Å². The van der Waals surface area contributed by atoms with Crippen LogP contribution < -0.4 is 0 Å². The quantitative estimate of drug-likeness (QED) is 0.686. The van der Waals surface area contributed by atoms with Crippen LogP contribution in [0.15, 0.2) is 6.20 Å². The van der Waals surface area contributed by atoms with E-state index in [0.29, 0.717) is 0 Å². The van der Waals surface area contributed by atoms with E-state index in [-0.39, 0.29) is 0 Å². The van der Waals surface area contributed by atoms with Crippen molar-refractivity contribution in [2.24, 2.45) is 0 Å². The lowest BCUT2D eigenvalue weighted by atomic mass is 9.93. The lowest BCUT2D eigenvalue weighted by Crippen LogP contribution is -2.18. The van der Waals surface area contributed by atoms with Crippen LogP contribution in [0, 0.1) is 0 Å². The fourth-order valence-electron chi connectivity index (χ4n) is 3.16. The first-order valence-corrected chi connectivity index (χ1v) is 6.50. The Morgan fingerprint density at radius 3 is 2.67 bits per heavy atom. The van der Waals surface area contributed by atoms with Crippen molar-refractivity contribution in [2.75, 3.05) is 0 Å². The molecular weight excluding hydrogens is 184 g/mol. The van der Waals surface area contributed by atoms with Gasteiger partial charge in [0.25, 0.3) is 0 Å². The van der Waals surface area contributed by atoms with Gasteiger partial charge in [-0.15, -0.1) is 0 Å². The van der Waals surface area contributed by atoms with Gasteiger partial charge < -0.3 is 0 Å². The Labute approximate surface area is 91.7 Å². The zero-order valence-electron chi connectivity index (χ0n) is 9.41. The van der Waals surface area contributed by atoms with Crippen molar-refractivity contribution in [3.8, 4) is 0 Å². The van der Waals surface area contributed by atoms with Gasteiger partial charge in [-0.3, -0.25) is 4.68 Å². The van der Waals surface area contributed by atoms with Crippen LogP contribution in [-0.2, 0) is 12.8 Å². The Bertz CT molecular complexity index is 334. The van der Waals surface area contributed by atoms with Crippen LogP contribution in [0.5, 0.6) is 0 Å². The topological polar surface area (TPSA) is 17.8 Å². The fraction of sp³-hybridized carbons (Fsp3) is 0.769. The first-order chi connectivity index (χ1) is 7.45. The van der Waals surface area contributed by atoms with Gasteiger partial charge in [-0.1, -0.05) is 19.3 Å². The van der Waals surface area contributed by atoms with Crippen LogP contribution in [0.25, 0.3) is 0 Å². The van der Waals surface area contributed by atoms with Crippen LogP contribution in [0.4, 0.5) is 0 Å². The van der Waals surface area contributed by atoms with Crippen molar-refractivity contribution in [3.63, 3.8) is 0 Å². The summed E-state index contributed by atoms with van der Waals surface area (Å²) in [7, 11) is 0. The number of aryl methyl sites for hydroxylation is 1. The van der Waals surface area contributed by atoms with E-state index >= 15 is 0 Å². The highest BCUT2D eigenvalue weighted by Gasteiger charge is 2.21. The first kappa shape index (κ1) is 9.44. The molecule has 0 aliphatic heterocycles. The molecule has 0 amide bonds. The molecule has 2 heteroatoms. The van der Waals surface area contributed by atoms with Crippen LogP contribution in [0.1, 0.15) is 62.2 Å². The second kappa shape index (κ2) is 3.99. The molecule has 1 aromatic heterocycles. The average Bonchev–Trinajstić information content (AvgIpc) is 2.74. The number of aromatic nitrogens is 2. The highest BCUT2D eigenvalue weighted by Crippen LogP contribution is 2.31. The lowest BCUT2D eigenvalue weighted by molar-refractivity contribution is 0.320. The number of fused-ring (bicyclic) bond motifs is 1. The van der Waals surface area contributed by atoms with Gasteiger partial charge >= 0.3 is 0 Å².